The largest absolute Gasteiger partial charge is 0.389 e. The van der Waals surface area contributed by atoms with Crippen LogP contribution in [0.4, 0.5) is 4.39 Å². The lowest BCUT2D eigenvalue weighted by Gasteiger charge is -2.36. The minimum absolute atomic E-state index is 0.242. The molecular weight excluding hydrogens is 273 g/mol. The molecule has 0 heterocycles. The van der Waals surface area contributed by atoms with Crippen LogP contribution in [0.3, 0.4) is 0 Å². The molecule has 0 unspecified atom stereocenters. The Morgan fingerprint density at radius 1 is 1.38 bits per heavy atom. The van der Waals surface area contributed by atoms with Gasteiger partial charge in [0.15, 0.2) is 0 Å². The van der Waals surface area contributed by atoms with E-state index in [1.807, 2.05) is 6.07 Å². The van der Waals surface area contributed by atoms with Crippen molar-refractivity contribution >= 4 is 15.9 Å². The predicted molar refractivity (Wildman–Crippen MR) is 64.6 cm³/mol. The van der Waals surface area contributed by atoms with E-state index in [1.165, 1.54) is 12.1 Å². The lowest BCUT2D eigenvalue weighted by atomic mass is 9.80. The Hall–Kier alpha value is -0.450. The number of nitrogens with one attached hydrogen (secondary N) is 1. The Labute approximate surface area is 103 Å². The molecule has 1 aromatic carbocycles. The highest BCUT2D eigenvalue weighted by atomic mass is 79.9. The van der Waals surface area contributed by atoms with Crippen molar-refractivity contribution < 1.29 is 9.50 Å². The minimum Gasteiger partial charge on any atom is -0.389 e. The fourth-order valence-electron chi connectivity index (χ4n) is 1.91. The minimum atomic E-state index is -0.523. The summed E-state index contributed by atoms with van der Waals surface area (Å²) in [6.45, 7) is 1.17. The second kappa shape index (κ2) is 4.82. The Morgan fingerprint density at radius 3 is 2.69 bits per heavy atom. The van der Waals surface area contributed by atoms with Crippen LogP contribution in [-0.2, 0) is 6.54 Å². The van der Waals surface area contributed by atoms with Crippen molar-refractivity contribution in [3.05, 3.63) is 34.1 Å². The molecule has 0 spiro atoms. The van der Waals surface area contributed by atoms with E-state index in [0.29, 0.717) is 13.1 Å². The molecule has 1 aromatic rings. The van der Waals surface area contributed by atoms with E-state index in [9.17, 15) is 9.50 Å². The third-order valence-corrected chi connectivity index (χ3v) is 3.45. The number of hydrogen-bond acceptors (Lipinski definition) is 2. The number of hydrogen-bond donors (Lipinski definition) is 2. The fraction of sp³-hybridized carbons (Fsp3) is 0.500. The third kappa shape index (κ3) is 3.03. The molecule has 16 heavy (non-hydrogen) atoms. The number of benzene rings is 1. The molecule has 0 aliphatic heterocycles. The van der Waals surface area contributed by atoms with Crippen molar-refractivity contribution in [3.63, 3.8) is 0 Å². The maximum atomic E-state index is 13.1. The van der Waals surface area contributed by atoms with Crippen LogP contribution in [0.5, 0.6) is 0 Å². The number of aliphatic hydroxyl groups is 1. The molecular formula is C12H15BrFNO. The predicted octanol–water partition coefficient (Wildman–Crippen LogP) is 2.59. The van der Waals surface area contributed by atoms with E-state index in [-0.39, 0.29) is 5.82 Å². The molecule has 1 fully saturated rings. The summed E-state index contributed by atoms with van der Waals surface area (Å²) in [4.78, 5) is 0. The van der Waals surface area contributed by atoms with Crippen LogP contribution in [0.25, 0.3) is 0 Å². The first-order chi connectivity index (χ1) is 7.57. The van der Waals surface area contributed by atoms with Gasteiger partial charge in [-0.3, -0.25) is 0 Å². The molecule has 0 amide bonds. The van der Waals surface area contributed by atoms with Crippen LogP contribution in [0.1, 0.15) is 24.8 Å². The van der Waals surface area contributed by atoms with Crippen molar-refractivity contribution in [2.75, 3.05) is 6.54 Å². The highest BCUT2D eigenvalue weighted by Gasteiger charge is 2.33. The summed E-state index contributed by atoms with van der Waals surface area (Å²) in [5.41, 5.74) is 0.361. The molecule has 0 bridgehead atoms. The van der Waals surface area contributed by atoms with E-state index < -0.39 is 5.60 Å². The lowest BCUT2D eigenvalue weighted by molar-refractivity contribution is -0.0314. The molecule has 88 valence electrons. The van der Waals surface area contributed by atoms with Gasteiger partial charge in [0, 0.05) is 17.6 Å². The molecule has 0 radical (unpaired) electrons. The van der Waals surface area contributed by atoms with Gasteiger partial charge < -0.3 is 10.4 Å². The second-order valence-electron chi connectivity index (χ2n) is 4.46. The highest BCUT2D eigenvalue weighted by Crippen LogP contribution is 2.30. The van der Waals surface area contributed by atoms with E-state index in [2.05, 4.69) is 21.2 Å². The van der Waals surface area contributed by atoms with Gasteiger partial charge in [0.05, 0.1) is 5.60 Å². The average molecular weight is 288 g/mol. The fourth-order valence-corrected chi connectivity index (χ4v) is 2.43. The molecule has 2 N–H and O–H groups in total. The van der Waals surface area contributed by atoms with E-state index in [4.69, 9.17) is 0 Å². The summed E-state index contributed by atoms with van der Waals surface area (Å²) in [7, 11) is 0. The van der Waals surface area contributed by atoms with Gasteiger partial charge in [-0.2, -0.15) is 0 Å². The second-order valence-corrected chi connectivity index (χ2v) is 5.37. The highest BCUT2D eigenvalue weighted by molar-refractivity contribution is 9.10. The zero-order chi connectivity index (χ0) is 11.6. The number of rotatable bonds is 4. The summed E-state index contributed by atoms with van der Waals surface area (Å²) in [5.74, 6) is -0.242. The summed E-state index contributed by atoms with van der Waals surface area (Å²) in [6, 6.07) is 4.81. The van der Waals surface area contributed by atoms with Crippen molar-refractivity contribution in [3.8, 4) is 0 Å². The first-order valence-corrected chi connectivity index (χ1v) is 6.25. The molecule has 4 heteroatoms. The van der Waals surface area contributed by atoms with Crippen molar-refractivity contribution in [2.24, 2.45) is 0 Å². The maximum Gasteiger partial charge on any atom is 0.124 e. The van der Waals surface area contributed by atoms with Crippen molar-refractivity contribution in [1.82, 2.24) is 5.32 Å². The quantitative estimate of drug-likeness (QED) is 0.892. The zero-order valence-corrected chi connectivity index (χ0v) is 10.6. The first kappa shape index (κ1) is 12.0. The van der Waals surface area contributed by atoms with Crippen molar-refractivity contribution in [2.45, 2.75) is 31.4 Å². The molecule has 1 aliphatic carbocycles. The summed E-state index contributed by atoms with van der Waals surface area (Å²) in [5, 5.41) is 13.0. The first-order valence-electron chi connectivity index (χ1n) is 5.45. The molecule has 0 saturated heterocycles. The Morgan fingerprint density at radius 2 is 2.12 bits per heavy atom. The summed E-state index contributed by atoms with van der Waals surface area (Å²) < 4.78 is 13.8. The van der Waals surface area contributed by atoms with Crippen LogP contribution < -0.4 is 5.32 Å². The summed E-state index contributed by atoms with van der Waals surface area (Å²) in [6.07, 6.45) is 2.84. The monoisotopic (exact) mass is 287 g/mol. The van der Waals surface area contributed by atoms with Crippen LogP contribution >= 0.6 is 15.9 Å². The molecule has 1 aliphatic rings. The topological polar surface area (TPSA) is 32.3 Å². The van der Waals surface area contributed by atoms with E-state index in [0.717, 1.165) is 29.3 Å². The van der Waals surface area contributed by atoms with Crippen LogP contribution in [-0.4, -0.2) is 17.3 Å². The number of halogens is 2. The smallest absolute Gasteiger partial charge is 0.124 e. The van der Waals surface area contributed by atoms with E-state index >= 15 is 0 Å². The zero-order valence-electron chi connectivity index (χ0n) is 8.97. The molecule has 2 rings (SSSR count). The van der Waals surface area contributed by atoms with Gasteiger partial charge in [0.1, 0.15) is 5.82 Å². The van der Waals surface area contributed by atoms with Gasteiger partial charge in [-0.25, -0.2) is 4.39 Å². The standard InChI is InChI=1S/C12H15BrFNO/c13-10-4-9(5-11(14)6-10)7-15-8-12(16)2-1-3-12/h4-6,15-16H,1-3,7-8H2. The van der Waals surface area contributed by atoms with Crippen molar-refractivity contribution in [1.29, 1.82) is 0 Å². The van der Waals surface area contributed by atoms with Gasteiger partial charge in [-0.15, -0.1) is 0 Å². The normalized spacial score (nSPS) is 18.2. The summed E-state index contributed by atoms with van der Waals surface area (Å²) >= 11 is 3.25. The Balaban J connectivity index is 1.84. The maximum absolute atomic E-state index is 13.1. The van der Waals surface area contributed by atoms with Gasteiger partial charge in [-0.1, -0.05) is 15.9 Å². The average Bonchev–Trinajstić information content (AvgIpc) is 2.13. The van der Waals surface area contributed by atoms with Crippen LogP contribution in [0.15, 0.2) is 22.7 Å². The lowest BCUT2D eigenvalue weighted by Crippen LogP contribution is -2.45. The SMILES string of the molecule is OC1(CNCc2cc(F)cc(Br)c2)CCC1. The van der Waals surface area contributed by atoms with Gasteiger partial charge in [0.2, 0.25) is 0 Å². The molecule has 0 atom stereocenters. The molecule has 0 aromatic heterocycles. The van der Waals surface area contributed by atoms with Crippen LogP contribution in [0.2, 0.25) is 0 Å². The molecule has 2 nitrogen and oxygen atoms in total. The third-order valence-electron chi connectivity index (χ3n) is 2.99. The molecule has 1 saturated carbocycles. The van der Waals surface area contributed by atoms with Gasteiger partial charge >= 0.3 is 0 Å². The van der Waals surface area contributed by atoms with Gasteiger partial charge in [-0.05, 0) is 43.0 Å². The Bertz CT molecular complexity index is 359. The van der Waals surface area contributed by atoms with E-state index in [1.54, 1.807) is 0 Å². The van der Waals surface area contributed by atoms with Gasteiger partial charge in [0.25, 0.3) is 0 Å². The Kier molecular flexibility index (Phi) is 3.62. The van der Waals surface area contributed by atoms with Crippen LogP contribution in [0, 0.1) is 5.82 Å².